The van der Waals surface area contributed by atoms with E-state index in [4.69, 9.17) is 23.6 Å². The lowest BCUT2D eigenvalue weighted by Crippen LogP contribution is -2.33. The summed E-state index contributed by atoms with van der Waals surface area (Å²) < 4.78 is 16.3. The topological polar surface area (TPSA) is 175 Å². The lowest BCUT2D eigenvalue weighted by molar-refractivity contribution is 0.0982. The number of rotatable bonds is 22. The molecule has 0 saturated carbocycles. The molecule has 0 aliphatic heterocycles. The van der Waals surface area contributed by atoms with Crippen molar-refractivity contribution in [1.29, 1.82) is 0 Å². The Balaban J connectivity index is 1.84. The first kappa shape index (κ1) is 41.2. The standard InChI is InChI=1S/C38H48N4O10/c1-5-9-20-42(21-10-6-2)38(47)52-41-32(19-23-49-8-4)35(44)30-24-28-16-17-29(25-33(28)50-36(30)45)34(43)31(18-22-48-7-3)40-51-37(46)39-26-27-14-12-11-13-15-27/h11-17,24-25H,5-10,18-23,26H2,1-4H3,(H,39,46)/b40-31+,41-32-. The smallest absolute Gasteiger partial charge is 0.422 e. The van der Waals surface area contributed by atoms with Crippen molar-refractivity contribution in [3.8, 4) is 0 Å². The van der Waals surface area contributed by atoms with Crippen LogP contribution in [0.5, 0.6) is 0 Å². The second-order valence-electron chi connectivity index (χ2n) is 11.6. The van der Waals surface area contributed by atoms with Crippen LogP contribution in [0.3, 0.4) is 0 Å². The zero-order chi connectivity index (χ0) is 37.7. The zero-order valence-electron chi connectivity index (χ0n) is 30.3. The number of hydrogen-bond acceptors (Lipinski definition) is 12. The van der Waals surface area contributed by atoms with Gasteiger partial charge in [0, 0.05) is 56.6 Å². The van der Waals surface area contributed by atoms with E-state index in [1.54, 1.807) is 18.7 Å². The number of Topliss-reactive ketones (excluding diaryl/α,β-unsaturated/α-hetero) is 2. The Morgan fingerprint density at radius 2 is 1.38 bits per heavy atom. The van der Waals surface area contributed by atoms with Gasteiger partial charge in [-0.3, -0.25) is 19.3 Å². The van der Waals surface area contributed by atoms with Crippen LogP contribution >= 0.6 is 0 Å². The van der Waals surface area contributed by atoms with E-state index in [0.29, 0.717) is 31.7 Å². The van der Waals surface area contributed by atoms with Gasteiger partial charge >= 0.3 is 17.8 Å². The third-order valence-electron chi connectivity index (χ3n) is 7.72. The van der Waals surface area contributed by atoms with Crippen LogP contribution < -0.4 is 10.9 Å². The van der Waals surface area contributed by atoms with Gasteiger partial charge in [0.05, 0.1) is 13.2 Å². The zero-order valence-corrected chi connectivity index (χ0v) is 30.3. The van der Waals surface area contributed by atoms with Crippen LogP contribution in [0.15, 0.2) is 74.1 Å². The minimum atomic E-state index is -0.978. The normalized spacial score (nSPS) is 11.7. The van der Waals surface area contributed by atoms with Crippen molar-refractivity contribution in [3.63, 3.8) is 0 Å². The number of fused-ring (bicyclic) bond motifs is 1. The van der Waals surface area contributed by atoms with Gasteiger partial charge in [0.2, 0.25) is 11.6 Å². The third-order valence-corrected chi connectivity index (χ3v) is 7.72. The fourth-order valence-corrected chi connectivity index (χ4v) is 4.80. The molecule has 0 fully saturated rings. The first-order valence-corrected chi connectivity index (χ1v) is 17.6. The van der Waals surface area contributed by atoms with Gasteiger partial charge in [-0.15, -0.1) is 0 Å². The van der Waals surface area contributed by atoms with Crippen LogP contribution in [0.25, 0.3) is 11.0 Å². The van der Waals surface area contributed by atoms with E-state index in [-0.39, 0.29) is 60.7 Å². The maximum Gasteiger partial charge on any atom is 0.435 e. The first-order valence-electron chi connectivity index (χ1n) is 17.6. The Hall–Kier alpha value is -5.21. The van der Waals surface area contributed by atoms with Crippen LogP contribution in [0.1, 0.15) is 92.5 Å². The molecule has 3 aromatic rings. The van der Waals surface area contributed by atoms with Crippen molar-refractivity contribution in [2.24, 2.45) is 10.3 Å². The Kier molecular flexibility index (Phi) is 17.9. The van der Waals surface area contributed by atoms with Crippen LogP contribution in [-0.2, 0) is 25.7 Å². The summed E-state index contributed by atoms with van der Waals surface area (Å²) in [6.45, 7) is 9.83. The van der Waals surface area contributed by atoms with Crippen molar-refractivity contribution in [3.05, 3.63) is 81.7 Å². The number of benzene rings is 2. The molecule has 0 unspecified atom stereocenters. The number of unbranched alkanes of at least 4 members (excludes halogenated alkanes) is 2. The molecule has 1 heterocycles. The lowest BCUT2D eigenvalue weighted by Gasteiger charge is -2.20. The van der Waals surface area contributed by atoms with E-state index < -0.39 is 29.4 Å². The summed E-state index contributed by atoms with van der Waals surface area (Å²) in [5, 5.41) is 10.6. The fourth-order valence-electron chi connectivity index (χ4n) is 4.80. The first-order chi connectivity index (χ1) is 25.2. The summed E-state index contributed by atoms with van der Waals surface area (Å²) in [7, 11) is 0. The van der Waals surface area contributed by atoms with Crippen molar-refractivity contribution < 1.29 is 42.7 Å². The molecule has 0 saturated heterocycles. The molecule has 14 nitrogen and oxygen atoms in total. The number of nitrogens with one attached hydrogen (secondary N) is 1. The molecule has 2 amide bonds. The molecule has 52 heavy (non-hydrogen) atoms. The van der Waals surface area contributed by atoms with Gasteiger partial charge in [-0.05, 0) is 44.4 Å². The summed E-state index contributed by atoms with van der Waals surface area (Å²) in [5.74, 6) is -1.37. The van der Waals surface area contributed by atoms with E-state index in [1.165, 1.54) is 24.3 Å². The van der Waals surface area contributed by atoms with Crippen LogP contribution in [0.4, 0.5) is 9.59 Å². The Bertz CT molecular complexity index is 1750. The van der Waals surface area contributed by atoms with E-state index in [0.717, 1.165) is 31.2 Å². The Labute approximate surface area is 303 Å². The highest BCUT2D eigenvalue weighted by Crippen LogP contribution is 2.18. The average molecular weight is 721 g/mol. The highest BCUT2D eigenvalue weighted by Gasteiger charge is 2.23. The number of ether oxygens (including phenoxy) is 2. The number of amides is 2. The second kappa shape index (κ2) is 22.6. The van der Waals surface area contributed by atoms with Gasteiger partial charge in [-0.25, -0.2) is 14.4 Å². The number of oxime groups is 2. The maximum absolute atomic E-state index is 13.6. The number of hydrogen-bond donors (Lipinski definition) is 1. The molecule has 280 valence electrons. The fraction of sp³-hybridized carbons (Fsp3) is 0.447. The number of carbonyl (C=O) groups excluding carboxylic acids is 4. The van der Waals surface area contributed by atoms with Gasteiger partial charge in [-0.1, -0.05) is 79.5 Å². The summed E-state index contributed by atoms with van der Waals surface area (Å²) in [5.41, 5.74) is -0.615. The van der Waals surface area contributed by atoms with Gasteiger partial charge in [0.15, 0.2) is 0 Å². The van der Waals surface area contributed by atoms with E-state index >= 15 is 0 Å². The molecular weight excluding hydrogens is 672 g/mol. The van der Waals surface area contributed by atoms with Crippen LogP contribution in [0, 0.1) is 0 Å². The predicted octanol–water partition coefficient (Wildman–Crippen LogP) is 6.69. The summed E-state index contributed by atoms with van der Waals surface area (Å²) >= 11 is 0. The average Bonchev–Trinajstić information content (AvgIpc) is 3.16. The minimum Gasteiger partial charge on any atom is -0.422 e. The molecule has 0 radical (unpaired) electrons. The molecule has 0 aliphatic rings. The van der Waals surface area contributed by atoms with E-state index in [1.807, 2.05) is 44.2 Å². The molecule has 1 N–H and O–H groups in total. The number of ketones is 2. The largest absolute Gasteiger partial charge is 0.435 e. The summed E-state index contributed by atoms with van der Waals surface area (Å²) in [6, 6.07) is 14.8. The number of nitrogens with zero attached hydrogens (tertiary/aromatic N) is 3. The van der Waals surface area contributed by atoms with Crippen LogP contribution in [0.2, 0.25) is 0 Å². The predicted molar refractivity (Wildman–Crippen MR) is 196 cm³/mol. The molecule has 0 bridgehead atoms. The maximum atomic E-state index is 13.6. The van der Waals surface area contributed by atoms with E-state index in [9.17, 15) is 24.0 Å². The highest BCUT2D eigenvalue weighted by molar-refractivity contribution is 6.46. The Morgan fingerprint density at radius 3 is 2.00 bits per heavy atom. The second-order valence-corrected chi connectivity index (χ2v) is 11.6. The quantitative estimate of drug-likeness (QED) is 0.0294. The van der Waals surface area contributed by atoms with Crippen molar-refractivity contribution in [2.75, 3.05) is 39.5 Å². The highest BCUT2D eigenvalue weighted by atomic mass is 16.7. The summed E-state index contributed by atoms with van der Waals surface area (Å²) in [4.78, 5) is 77.1. The minimum absolute atomic E-state index is 0.0228. The third kappa shape index (κ3) is 13.2. The molecule has 0 atom stereocenters. The van der Waals surface area contributed by atoms with Crippen molar-refractivity contribution in [1.82, 2.24) is 10.2 Å². The van der Waals surface area contributed by atoms with Crippen LogP contribution in [-0.4, -0.2) is 79.6 Å². The number of carbonyl (C=O) groups is 4. The molecule has 3 rings (SSSR count). The van der Waals surface area contributed by atoms with Gasteiger partial charge < -0.3 is 24.1 Å². The van der Waals surface area contributed by atoms with Gasteiger partial charge in [0.1, 0.15) is 22.6 Å². The van der Waals surface area contributed by atoms with Gasteiger partial charge in [-0.2, -0.15) is 0 Å². The van der Waals surface area contributed by atoms with Gasteiger partial charge in [0.25, 0.3) is 0 Å². The molecule has 1 aromatic heterocycles. The Morgan fingerprint density at radius 1 is 0.769 bits per heavy atom. The molecule has 0 aliphatic carbocycles. The summed E-state index contributed by atoms with van der Waals surface area (Å²) in [6.07, 6.45) is 1.82. The van der Waals surface area contributed by atoms with Crippen molar-refractivity contribution in [2.45, 2.75) is 72.8 Å². The van der Waals surface area contributed by atoms with Crippen molar-refractivity contribution >= 4 is 46.1 Å². The molecule has 14 heteroatoms. The molecule has 2 aromatic carbocycles. The van der Waals surface area contributed by atoms with E-state index in [2.05, 4.69) is 15.6 Å². The SMILES string of the molecule is CCCCN(CCCC)C(=O)O/N=C(/CCOCC)C(=O)c1cc2ccc(C(=O)/C(CCOCC)=N/OC(=O)NCc3ccccc3)cc2oc1=O. The monoisotopic (exact) mass is 720 g/mol. The molecule has 0 spiro atoms. The lowest BCUT2D eigenvalue weighted by atomic mass is 10.0. The molecular formula is C38H48N4O10.